The molecule has 0 atom stereocenters. The summed E-state index contributed by atoms with van der Waals surface area (Å²) in [4.78, 5) is 19.2. The Morgan fingerprint density at radius 2 is 1.87 bits per heavy atom. The molecule has 1 aliphatic heterocycles. The van der Waals surface area contributed by atoms with E-state index < -0.39 is 0 Å². The average Bonchev–Trinajstić information content (AvgIpc) is 3.27. The molecule has 1 N–H and O–H groups in total. The quantitative estimate of drug-likeness (QED) is 0.626. The summed E-state index contributed by atoms with van der Waals surface area (Å²) in [5.41, 5.74) is 1.75. The van der Waals surface area contributed by atoms with Crippen molar-refractivity contribution in [3.05, 3.63) is 65.8 Å². The van der Waals surface area contributed by atoms with Gasteiger partial charge in [0.1, 0.15) is 11.6 Å². The molecule has 1 aliphatic rings. The summed E-state index contributed by atoms with van der Waals surface area (Å²) in [6.07, 6.45) is 1.55. The minimum absolute atomic E-state index is 0.0192. The molecule has 31 heavy (non-hydrogen) atoms. The number of hydrogen-bond donors (Lipinski definition) is 1. The number of carbonyl (C=O) groups is 1. The van der Waals surface area contributed by atoms with E-state index in [1.54, 1.807) is 19.2 Å². The highest BCUT2D eigenvalue weighted by Crippen LogP contribution is 2.22. The number of likely N-dealkylation sites (tertiary alicyclic amines) is 1. The van der Waals surface area contributed by atoms with Crippen LogP contribution < -0.4 is 10.1 Å². The minimum Gasteiger partial charge on any atom is -0.497 e. The molecule has 8 heteroatoms. The summed E-state index contributed by atoms with van der Waals surface area (Å²) < 4.78 is 23.5. The average molecular weight is 424 g/mol. The Morgan fingerprint density at radius 1 is 1.16 bits per heavy atom. The summed E-state index contributed by atoms with van der Waals surface area (Å²) in [5.74, 6) is 1.63. The van der Waals surface area contributed by atoms with Crippen molar-refractivity contribution in [1.29, 1.82) is 0 Å². The van der Waals surface area contributed by atoms with Crippen molar-refractivity contribution in [2.45, 2.75) is 25.9 Å². The number of nitrogens with zero attached hydrogens (tertiary/aromatic N) is 3. The second-order valence-electron chi connectivity index (χ2n) is 7.63. The lowest BCUT2D eigenvalue weighted by Gasteiger charge is -2.30. The van der Waals surface area contributed by atoms with Crippen molar-refractivity contribution in [1.82, 2.24) is 20.4 Å². The van der Waals surface area contributed by atoms with Crippen LogP contribution in [0.5, 0.6) is 5.75 Å². The minimum atomic E-state index is -0.278. The molecule has 2 aromatic carbocycles. The molecule has 0 radical (unpaired) electrons. The topological polar surface area (TPSA) is 80.5 Å². The number of aromatic nitrogens is 2. The Hall–Kier alpha value is -3.26. The summed E-state index contributed by atoms with van der Waals surface area (Å²) in [7, 11) is 1.62. The lowest BCUT2D eigenvalue weighted by Crippen LogP contribution is -2.40. The number of methoxy groups -OCH3 is 1. The van der Waals surface area contributed by atoms with Crippen LogP contribution in [0.1, 0.15) is 24.3 Å². The zero-order valence-corrected chi connectivity index (χ0v) is 17.4. The Labute approximate surface area is 180 Å². The van der Waals surface area contributed by atoms with Crippen LogP contribution in [0, 0.1) is 11.7 Å². The molecule has 0 spiro atoms. The normalized spacial score (nSPS) is 15.0. The second-order valence-corrected chi connectivity index (χ2v) is 7.63. The van der Waals surface area contributed by atoms with E-state index in [1.807, 2.05) is 24.3 Å². The third-order valence-corrected chi connectivity index (χ3v) is 5.51. The van der Waals surface area contributed by atoms with Crippen molar-refractivity contribution >= 4 is 5.91 Å². The smallest absolute Gasteiger partial charge is 0.241 e. The van der Waals surface area contributed by atoms with E-state index in [2.05, 4.69) is 20.4 Å². The van der Waals surface area contributed by atoms with Crippen LogP contribution in [-0.2, 0) is 17.9 Å². The van der Waals surface area contributed by atoms with E-state index in [1.165, 1.54) is 12.1 Å². The molecular weight excluding hydrogens is 399 g/mol. The molecule has 0 saturated carbocycles. The van der Waals surface area contributed by atoms with Gasteiger partial charge in [-0.1, -0.05) is 17.3 Å². The van der Waals surface area contributed by atoms with Gasteiger partial charge in [0.15, 0.2) is 0 Å². The summed E-state index contributed by atoms with van der Waals surface area (Å²) in [6.45, 7) is 2.55. The fraction of sp³-hybridized carbons (Fsp3) is 0.348. The van der Waals surface area contributed by atoms with Crippen molar-refractivity contribution in [3.8, 4) is 17.1 Å². The monoisotopic (exact) mass is 424 g/mol. The molecule has 0 aliphatic carbocycles. The number of piperidine rings is 1. The fourth-order valence-corrected chi connectivity index (χ4v) is 3.66. The maximum Gasteiger partial charge on any atom is 0.241 e. The first-order valence-corrected chi connectivity index (χ1v) is 10.3. The lowest BCUT2D eigenvalue weighted by molar-refractivity contribution is -0.126. The highest BCUT2D eigenvalue weighted by Gasteiger charge is 2.26. The number of rotatable bonds is 7. The van der Waals surface area contributed by atoms with E-state index in [9.17, 15) is 9.18 Å². The van der Waals surface area contributed by atoms with Crippen LogP contribution in [0.3, 0.4) is 0 Å². The maximum atomic E-state index is 13.0. The highest BCUT2D eigenvalue weighted by molar-refractivity contribution is 5.78. The molecular formula is C23H25FN4O3. The van der Waals surface area contributed by atoms with Crippen LogP contribution >= 0.6 is 0 Å². The number of hydrogen-bond acceptors (Lipinski definition) is 6. The SMILES string of the molecule is COc1ccc(-c2noc(CN3CCC(C(=O)NCc4ccc(F)cc4)CC3)n2)cc1. The van der Waals surface area contributed by atoms with Crippen LogP contribution in [0.2, 0.25) is 0 Å². The van der Waals surface area contributed by atoms with Gasteiger partial charge in [0.25, 0.3) is 0 Å². The Morgan fingerprint density at radius 3 is 2.55 bits per heavy atom. The van der Waals surface area contributed by atoms with Gasteiger partial charge in [-0.05, 0) is 67.9 Å². The lowest BCUT2D eigenvalue weighted by atomic mass is 9.96. The second kappa shape index (κ2) is 9.70. The summed E-state index contributed by atoms with van der Waals surface area (Å²) in [6, 6.07) is 13.7. The number of amides is 1. The molecule has 1 aromatic heterocycles. The molecule has 0 bridgehead atoms. The maximum absolute atomic E-state index is 13.0. The van der Waals surface area contributed by atoms with Gasteiger partial charge in [-0.15, -0.1) is 0 Å². The molecule has 1 amide bonds. The molecule has 1 fully saturated rings. The van der Waals surface area contributed by atoms with Gasteiger partial charge in [-0.2, -0.15) is 4.98 Å². The van der Waals surface area contributed by atoms with Crippen molar-refractivity contribution < 1.29 is 18.4 Å². The molecule has 0 unspecified atom stereocenters. The van der Waals surface area contributed by atoms with Gasteiger partial charge in [0, 0.05) is 18.0 Å². The van der Waals surface area contributed by atoms with Crippen molar-refractivity contribution in [3.63, 3.8) is 0 Å². The van der Waals surface area contributed by atoms with E-state index in [-0.39, 0.29) is 17.6 Å². The van der Waals surface area contributed by atoms with Gasteiger partial charge >= 0.3 is 0 Å². The zero-order chi connectivity index (χ0) is 21.6. The standard InChI is InChI=1S/C23H25FN4O3/c1-30-20-8-4-17(5-9-20)22-26-21(31-27-22)15-28-12-10-18(11-13-28)23(29)25-14-16-2-6-19(24)7-3-16/h2-9,18H,10-15H2,1H3,(H,25,29). The third kappa shape index (κ3) is 5.46. The molecule has 3 aromatic rings. The first-order chi connectivity index (χ1) is 15.1. The summed E-state index contributed by atoms with van der Waals surface area (Å²) in [5, 5.41) is 7.02. The largest absolute Gasteiger partial charge is 0.497 e. The van der Waals surface area contributed by atoms with Crippen LogP contribution in [0.25, 0.3) is 11.4 Å². The predicted molar refractivity (Wildman–Crippen MR) is 113 cm³/mol. The van der Waals surface area contributed by atoms with E-state index in [0.717, 1.165) is 42.8 Å². The van der Waals surface area contributed by atoms with Gasteiger partial charge in [-0.25, -0.2) is 4.39 Å². The van der Waals surface area contributed by atoms with Gasteiger partial charge < -0.3 is 14.6 Å². The first-order valence-electron chi connectivity index (χ1n) is 10.3. The van der Waals surface area contributed by atoms with Gasteiger partial charge in [0.05, 0.1) is 13.7 Å². The highest BCUT2D eigenvalue weighted by atomic mass is 19.1. The van der Waals surface area contributed by atoms with Crippen LogP contribution in [0.4, 0.5) is 4.39 Å². The van der Waals surface area contributed by atoms with Crippen molar-refractivity contribution in [2.75, 3.05) is 20.2 Å². The van der Waals surface area contributed by atoms with Gasteiger partial charge in [0.2, 0.25) is 17.6 Å². The first kappa shape index (κ1) is 21.0. The molecule has 2 heterocycles. The molecule has 162 valence electrons. The third-order valence-electron chi connectivity index (χ3n) is 5.51. The van der Waals surface area contributed by atoms with E-state index in [4.69, 9.17) is 9.26 Å². The fourth-order valence-electron chi connectivity index (χ4n) is 3.66. The Bertz CT molecular complexity index is 996. The number of carbonyl (C=O) groups excluding carboxylic acids is 1. The number of halogens is 1. The number of ether oxygens (including phenoxy) is 1. The van der Waals surface area contributed by atoms with Crippen LogP contribution in [-0.4, -0.2) is 41.1 Å². The van der Waals surface area contributed by atoms with Crippen LogP contribution in [0.15, 0.2) is 53.1 Å². The molecule has 4 rings (SSSR count). The number of nitrogens with one attached hydrogen (secondary N) is 1. The van der Waals surface area contributed by atoms with E-state index >= 15 is 0 Å². The Kier molecular flexibility index (Phi) is 6.57. The molecule has 7 nitrogen and oxygen atoms in total. The predicted octanol–water partition coefficient (Wildman–Crippen LogP) is 3.41. The van der Waals surface area contributed by atoms with Crippen molar-refractivity contribution in [2.24, 2.45) is 5.92 Å². The Balaban J connectivity index is 1.24. The van der Waals surface area contributed by atoms with Gasteiger partial charge in [-0.3, -0.25) is 9.69 Å². The van der Waals surface area contributed by atoms with E-state index in [0.29, 0.717) is 24.8 Å². The molecule has 1 saturated heterocycles. The summed E-state index contributed by atoms with van der Waals surface area (Å²) >= 11 is 0. The number of benzene rings is 2. The zero-order valence-electron chi connectivity index (χ0n) is 17.4.